The number of hydrogen-bond acceptors (Lipinski definition) is 6. The summed E-state index contributed by atoms with van der Waals surface area (Å²) in [4.78, 5) is 13.5. The van der Waals surface area contributed by atoms with E-state index < -0.39 is 12.1 Å². The zero-order valence-corrected chi connectivity index (χ0v) is 19.5. The Bertz CT molecular complexity index is 1090. The van der Waals surface area contributed by atoms with Gasteiger partial charge in [-0.2, -0.15) is 0 Å². The molecule has 6 N–H and O–H groups in total. The number of nitrogens with two attached hydrogens (primary N) is 2. The highest BCUT2D eigenvalue weighted by atomic mass is 16.5. The molecule has 4 rings (SSSR count). The van der Waals surface area contributed by atoms with E-state index in [9.17, 15) is 9.90 Å². The van der Waals surface area contributed by atoms with Crippen molar-refractivity contribution in [1.82, 2.24) is 0 Å². The minimum absolute atomic E-state index is 0.324. The van der Waals surface area contributed by atoms with Crippen molar-refractivity contribution >= 4 is 23.3 Å². The van der Waals surface area contributed by atoms with Crippen molar-refractivity contribution < 1.29 is 24.1 Å². The van der Waals surface area contributed by atoms with Gasteiger partial charge in [0.05, 0.1) is 17.9 Å². The van der Waals surface area contributed by atoms with Gasteiger partial charge in [-0.3, -0.25) is 5.41 Å². The Morgan fingerprint density at radius 3 is 2.06 bits per heavy atom. The molecule has 0 radical (unpaired) electrons. The van der Waals surface area contributed by atoms with Crippen molar-refractivity contribution in [3.63, 3.8) is 0 Å². The van der Waals surface area contributed by atoms with Gasteiger partial charge in [-0.1, -0.05) is 36.4 Å². The van der Waals surface area contributed by atoms with E-state index in [-0.39, 0.29) is 5.96 Å². The summed E-state index contributed by atoms with van der Waals surface area (Å²) < 4.78 is 17.3. The average molecular weight is 479 g/mol. The zero-order chi connectivity index (χ0) is 25.2. The van der Waals surface area contributed by atoms with Crippen LogP contribution >= 0.6 is 0 Å². The highest BCUT2D eigenvalue weighted by Gasteiger charge is 2.23. The van der Waals surface area contributed by atoms with Gasteiger partial charge in [-0.05, 0) is 48.9 Å². The molecule has 184 valence electrons. The number of hydrogen-bond donors (Lipinski definition) is 4. The minimum atomic E-state index is -0.951. The summed E-state index contributed by atoms with van der Waals surface area (Å²) in [5.74, 6) is 1.11. The minimum Gasteiger partial charge on any atom is -0.492 e. The Morgan fingerprint density at radius 2 is 1.54 bits per heavy atom. The molecule has 3 aromatic carbocycles. The predicted molar refractivity (Wildman–Crippen MR) is 135 cm³/mol. The van der Waals surface area contributed by atoms with Gasteiger partial charge in [0.1, 0.15) is 12.4 Å². The van der Waals surface area contributed by atoms with Crippen LogP contribution < -0.4 is 25.8 Å². The molecule has 1 heterocycles. The maximum absolute atomic E-state index is 11.3. The zero-order valence-electron chi connectivity index (χ0n) is 19.5. The molecule has 0 spiro atoms. The number of carbonyl (C=O) groups is 1. The van der Waals surface area contributed by atoms with E-state index in [2.05, 4.69) is 16.4 Å². The van der Waals surface area contributed by atoms with Gasteiger partial charge in [0.25, 0.3) is 0 Å². The number of benzene rings is 3. The number of aliphatic carboxylic acids is 1. The van der Waals surface area contributed by atoms with Crippen LogP contribution in [-0.4, -0.2) is 42.9 Å². The summed E-state index contributed by atoms with van der Waals surface area (Å²) in [7, 11) is 0. The standard InChI is InChI=1S/C25H25NO5.CH5N3/c1-2-29-24(25(27)28)17-18-11-13-19(14-12-18)30-16-15-26-20-7-3-5-9-22(20)31-23-10-6-4-8-21(23)26;2-1(3)4/h3-14,24H,2,15-17H2,1H3,(H,27,28);(H5,2,3,4). The first-order valence-electron chi connectivity index (χ1n) is 11.2. The lowest BCUT2D eigenvalue weighted by Crippen LogP contribution is -2.26. The molecule has 0 fully saturated rings. The van der Waals surface area contributed by atoms with E-state index in [1.807, 2.05) is 72.8 Å². The van der Waals surface area contributed by atoms with E-state index >= 15 is 0 Å². The van der Waals surface area contributed by atoms with Gasteiger partial charge in [0.2, 0.25) is 0 Å². The van der Waals surface area contributed by atoms with Crippen LogP contribution in [0.15, 0.2) is 72.8 Å². The molecule has 0 aliphatic carbocycles. The lowest BCUT2D eigenvalue weighted by molar-refractivity contribution is -0.149. The Hall–Kier alpha value is -4.24. The molecule has 9 heteroatoms. The second kappa shape index (κ2) is 12.3. The van der Waals surface area contributed by atoms with E-state index in [0.29, 0.717) is 26.2 Å². The number of fused-ring (bicyclic) bond motifs is 2. The number of carboxylic acid groups (broad SMARTS) is 1. The average Bonchev–Trinajstić information content (AvgIpc) is 2.84. The fourth-order valence-electron chi connectivity index (χ4n) is 3.63. The molecule has 0 aromatic heterocycles. The van der Waals surface area contributed by atoms with Crippen LogP contribution in [0.25, 0.3) is 0 Å². The largest absolute Gasteiger partial charge is 0.492 e. The van der Waals surface area contributed by atoms with Gasteiger partial charge in [-0.15, -0.1) is 0 Å². The maximum Gasteiger partial charge on any atom is 0.333 e. The smallest absolute Gasteiger partial charge is 0.333 e. The number of nitrogens with one attached hydrogen (secondary N) is 1. The van der Waals surface area contributed by atoms with Crippen molar-refractivity contribution in [2.45, 2.75) is 19.4 Å². The van der Waals surface area contributed by atoms with Crippen LogP contribution in [0.1, 0.15) is 12.5 Å². The first-order valence-corrected chi connectivity index (χ1v) is 11.2. The lowest BCUT2D eigenvalue weighted by atomic mass is 10.1. The van der Waals surface area contributed by atoms with E-state index in [1.54, 1.807) is 6.92 Å². The Balaban J connectivity index is 0.000000795. The third-order valence-corrected chi connectivity index (χ3v) is 5.10. The molecule has 1 aliphatic heterocycles. The number of para-hydroxylation sites is 4. The monoisotopic (exact) mass is 478 g/mol. The summed E-state index contributed by atoms with van der Waals surface area (Å²) >= 11 is 0. The van der Waals surface area contributed by atoms with Crippen molar-refractivity contribution in [3.8, 4) is 17.2 Å². The first kappa shape index (κ1) is 25.4. The fraction of sp³-hybridized carbons (Fsp3) is 0.231. The molecule has 0 saturated carbocycles. The molecular formula is C26H30N4O5. The Kier molecular flexibility index (Phi) is 8.91. The second-order valence-corrected chi connectivity index (χ2v) is 7.62. The summed E-state index contributed by atoms with van der Waals surface area (Å²) in [6.45, 7) is 3.30. The molecule has 1 unspecified atom stereocenters. The van der Waals surface area contributed by atoms with E-state index in [4.69, 9.17) is 19.6 Å². The van der Waals surface area contributed by atoms with Gasteiger partial charge in [0.15, 0.2) is 23.6 Å². The lowest BCUT2D eigenvalue weighted by Gasteiger charge is -2.32. The number of nitrogens with zero attached hydrogens (tertiary/aromatic N) is 1. The van der Waals surface area contributed by atoms with Crippen LogP contribution in [0, 0.1) is 5.41 Å². The number of rotatable bonds is 9. The summed E-state index contributed by atoms with van der Waals surface area (Å²) in [6.07, 6.45) is -0.511. The third-order valence-electron chi connectivity index (χ3n) is 5.10. The maximum atomic E-state index is 11.3. The van der Waals surface area contributed by atoms with Crippen molar-refractivity contribution in [1.29, 1.82) is 5.41 Å². The van der Waals surface area contributed by atoms with Crippen LogP contribution in [0.3, 0.4) is 0 Å². The molecule has 3 aromatic rings. The molecular weight excluding hydrogens is 448 g/mol. The highest BCUT2D eigenvalue weighted by molar-refractivity contribution is 5.77. The number of carboxylic acids is 1. The fourth-order valence-corrected chi connectivity index (χ4v) is 3.63. The van der Waals surface area contributed by atoms with Crippen LogP contribution in [0.4, 0.5) is 11.4 Å². The summed E-state index contributed by atoms with van der Waals surface area (Å²) in [5.41, 5.74) is 11.9. The molecule has 0 amide bonds. The topological polar surface area (TPSA) is 144 Å². The number of ether oxygens (including phenoxy) is 3. The van der Waals surface area contributed by atoms with Crippen LogP contribution in [-0.2, 0) is 16.0 Å². The van der Waals surface area contributed by atoms with Crippen LogP contribution in [0.2, 0.25) is 0 Å². The van der Waals surface area contributed by atoms with Crippen LogP contribution in [0.5, 0.6) is 17.2 Å². The van der Waals surface area contributed by atoms with Crippen molar-refractivity contribution in [3.05, 3.63) is 78.4 Å². The number of guanidine groups is 1. The molecule has 0 saturated heterocycles. The number of anilines is 2. The van der Waals surface area contributed by atoms with Crippen molar-refractivity contribution in [2.24, 2.45) is 11.5 Å². The normalized spacial score (nSPS) is 12.2. The second-order valence-electron chi connectivity index (χ2n) is 7.62. The van der Waals surface area contributed by atoms with Gasteiger partial charge < -0.3 is 35.7 Å². The SMILES string of the molecule is CCOC(Cc1ccc(OCCN2c3ccccc3Oc3ccccc32)cc1)C(=O)O.N=C(N)N. The summed E-state index contributed by atoms with van der Waals surface area (Å²) in [6, 6.07) is 23.4. The van der Waals surface area contributed by atoms with Gasteiger partial charge in [-0.25, -0.2) is 4.79 Å². The Morgan fingerprint density at radius 1 is 1.00 bits per heavy atom. The molecule has 0 bridgehead atoms. The first-order chi connectivity index (χ1) is 16.9. The summed E-state index contributed by atoms with van der Waals surface area (Å²) in [5, 5.41) is 15.3. The van der Waals surface area contributed by atoms with E-state index in [1.165, 1.54) is 0 Å². The molecule has 1 aliphatic rings. The Labute approximate surface area is 204 Å². The van der Waals surface area contributed by atoms with E-state index in [0.717, 1.165) is 34.2 Å². The van der Waals surface area contributed by atoms with Gasteiger partial charge >= 0.3 is 5.97 Å². The quantitative estimate of drug-likeness (QED) is 0.268. The molecule has 35 heavy (non-hydrogen) atoms. The van der Waals surface area contributed by atoms with Crippen molar-refractivity contribution in [2.75, 3.05) is 24.7 Å². The van der Waals surface area contributed by atoms with Gasteiger partial charge in [0, 0.05) is 13.0 Å². The molecule has 1 atom stereocenters. The predicted octanol–water partition coefficient (Wildman–Crippen LogP) is 3.88. The third kappa shape index (κ3) is 7.12. The highest BCUT2D eigenvalue weighted by Crippen LogP contribution is 2.45. The molecule has 9 nitrogen and oxygen atoms in total.